The Labute approximate surface area is 129 Å². The van der Waals surface area contributed by atoms with Gasteiger partial charge in [-0.2, -0.15) is 0 Å². The Morgan fingerprint density at radius 1 is 1.19 bits per heavy atom. The van der Waals surface area contributed by atoms with Crippen molar-refractivity contribution in [3.8, 4) is 5.75 Å². The summed E-state index contributed by atoms with van der Waals surface area (Å²) in [5.74, 6) is 2.43. The molecule has 3 nitrogen and oxygen atoms in total. The highest BCUT2D eigenvalue weighted by Crippen LogP contribution is 2.17. The van der Waals surface area contributed by atoms with Gasteiger partial charge in [-0.3, -0.25) is 0 Å². The molecule has 1 aromatic rings. The van der Waals surface area contributed by atoms with Crippen molar-refractivity contribution >= 4 is 5.69 Å². The van der Waals surface area contributed by atoms with Gasteiger partial charge in [-0.15, -0.1) is 0 Å². The standard InChI is InChI=1S/C18H30N2O/c1-15(2)14-21-18-6-4-17(5-7-18)19-10-13-20-11-8-16(3)9-12-20/h4-7,15-16,19H,8-14H2,1-3H3. The number of benzene rings is 1. The molecule has 1 heterocycles. The quantitative estimate of drug-likeness (QED) is 0.825. The van der Waals surface area contributed by atoms with E-state index >= 15 is 0 Å². The molecule has 118 valence electrons. The molecule has 3 heteroatoms. The lowest BCUT2D eigenvalue weighted by molar-refractivity contribution is 0.199. The van der Waals surface area contributed by atoms with Gasteiger partial charge >= 0.3 is 0 Å². The fourth-order valence-corrected chi connectivity index (χ4v) is 2.58. The molecule has 0 saturated carbocycles. The third-order valence-corrected chi connectivity index (χ3v) is 4.07. The van der Waals surface area contributed by atoms with Gasteiger partial charge in [-0.25, -0.2) is 0 Å². The van der Waals surface area contributed by atoms with Crippen LogP contribution in [-0.4, -0.2) is 37.7 Å². The summed E-state index contributed by atoms with van der Waals surface area (Å²) in [4.78, 5) is 2.56. The maximum absolute atomic E-state index is 5.70. The smallest absolute Gasteiger partial charge is 0.119 e. The van der Waals surface area contributed by atoms with E-state index in [1.165, 1.54) is 31.6 Å². The van der Waals surface area contributed by atoms with Gasteiger partial charge in [-0.05, 0) is 62.0 Å². The summed E-state index contributed by atoms with van der Waals surface area (Å²) in [7, 11) is 0. The molecule has 0 radical (unpaired) electrons. The molecule has 0 amide bonds. The fraction of sp³-hybridized carbons (Fsp3) is 0.667. The lowest BCUT2D eigenvalue weighted by Crippen LogP contribution is -2.36. The van der Waals surface area contributed by atoms with Crippen molar-refractivity contribution in [3.63, 3.8) is 0 Å². The zero-order valence-electron chi connectivity index (χ0n) is 13.8. The maximum Gasteiger partial charge on any atom is 0.119 e. The molecule has 0 aliphatic carbocycles. The zero-order valence-corrected chi connectivity index (χ0v) is 13.8. The Morgan fingerprint density at radius 3 is 2.48 bits per heavy atom. The molecule has 1 fully saturated rings. The lowest BCUT2D eigenvalue weighted by atomic mass is 9.99. The Kier molecular flexibility index (Phi) is 6.37. The molecular weight excluding hydrogens is 260 g/mol. The van der Waals surface area contributed by atoms with E-state index in [2.05, 4.69) is 43.1 Å². The first-order chi connectivity index (χ1) is 10.1. The average Bonchev–Trinajstić information content (AvgIpc) is 2.48. The molecule has 21 heavy (non-hydrogen) atoms. The van der Waals surface area contributed by atoms with E-state index in [9.17, 15) is 0 Å². The minimum atomic E-state index is 0.565. The maximum atomic E-state index is 5.70. The second kappa shape index (κ2) is 8.28. The van der Waals surface area contributed by atoms with Gasteiger partial charge in [0.1, 0.15) is 5.75 Å². The monoisotopic (exact) mass is 290 g/mol. The molecule has 2 rings (SSSR count). The molecule has 1 aliphatic rings. The molecule has 1 saturated heterocycles. The number of ether oxygens (including phenoxy) is 1. The molecule has 0 bridgehead atoms. The molecule has 1 aliphatic heterocycles. The summed E-state index contributed by atoms with van der Waals surface area (Å²) >= 11 is 0. The summed E-state index contributed by atoms with van der Waals surface area (Å²) < 4.78 is 5.70. The van der Waals surface area contributed by atoms with Crippen molar-refractivity contribution in [2.24, 2.45) is 11.8 Å². The van der Waals surface area contributed by atoms with Crippen molar-refractivity contribution in [1.29, 1.82) is 0 Å². The van der Waals surface area contributed by atoms with Crippen LogP contribution in [0.15, 0.2) is 24.3 Å². The van der Waals surface area contributed by atoms with Crippen molar-refractivity contribution < 1.29 is 4.74 Å². The molecule has 1 N–H and O–H groups in total. The van der Waals surface area contributed by atoms with Gasteiger partial charge in [0.25, 0.3) is 0 Å². The average molecular weight is 290 g/mol. The summed E-state index contributed by atoms with van der Waals surface area (Å²) in [5, 5.41) is 3.50. The topological polar surface area (TPSA) is 24.5 Å². The normalized spacial score (nSPS) is 17.1. The molecule has 1 aromatic carbocycles. The number of hydrogen-bond donors (Lipinski definition) is 1. The van der Waals surface area contributed by atoms with Gasteiger partial charge in [0.15, 0.2) is 0 Å². The van der Waals surface area contributed by atoms with Crippen LogP contribution in [0.5, 0.6) is 5.75 Å². The van der Waals surface area contributed by atoms with Crippen LogP contribution in [-0.2, 0) is 0 Å². The summed E-state index contributed by atoms with van der Waals surface area (Å²) in [6.45, 7) is 12.1. The Balaban J connectivity index is 1.66. The van der Waals surface area contributed by atoms with Gasteiger partial charge in [-0.1, -0.05) is 20.8 Å². The Bertz CT molecular complexity index is 394. The van der Waals surface area contributed by atoms with Crippen LogP contribution in [0.4, 0.5) is 5.69 Å². The van der Waals surface area contributed by atoms with Gasteiger partial charge in [0.05, 0.1) is 6.61 Å². The Hall–Kier alpha value is -1.22. The van der Waals surface area contributed by atoms with Crippen molar-refractivity contribution in [2.75, 3.05) is 38.1 Å². The number of likely N-dealkylation sites (tertiary alicyclic amines) is 1. The highest BCUT2D eigenvalue weighted by Gasteiger charge is 2.14. The van der Waals surface area contributed by atoms with Gasteiger partial charge < -0.3 is 15.0 Å². The van der Waals surface area contributed by atoms with Crippen LogP contribution >= 0.6 is 0 Å². The number of nitrogens with zero attached hydrogens (tertiary/aromatic N) is 1. The molecular formula is C18H30N2O. The number of piperidine rings is 1. The van der Waals surface area contributed by atoms with Crippen LogP contribution < -0.4 is 10.1 Å². The summed E-state index contributed by atoms with van der Waals surface area (Å²) in [5.41, 5.74) is 1.18. The third kappa shape index (κ3) is 5.96. The van der Waals surface area contributed by atoms with Crippen LogP contribution in [0, 0.1) is 11.8 Å². The molecule has 0 aromatic heterocycles. The second-order valence-corrected chi connectivity index (χ2v) is 6.68. The van der Waals surface area contributed by atoms with E-state index in [-0.39, 0.29) is 0 Å². The summed E-state index contributed by atoms with van der Waals surface area (Å²) in [6.07, 6.45) is 2.70. The lowest BCUT2D eigenvalue weighted by Gasteiger charge is -2.30. The van der Waals surface area contributed by atoms with Crippen LogP contribution in [0.3, 0.4) is 0 Å². The van der Waals surface area contributed by atoms with Crippen LogP contribution in [0.2, 0.25) is 0 Å². The van der Waals surface area contributed by atoms with E-state index in [1.807, 2.05) is 12.1 Å². The first kappa shape index (κ1) is 16.2. The number of anilines is 1. The van der Waals surface area contributed by atoms with E-state index in [4.69, 9.17) is 4.74 Å². The summed E-state index contributed by atoms with van der Waals surface area (Å²) in [6, 6.07) is 8.31. The fourth-order valence-electron chi connectivity index (χ4n) is 2.58. The molecule has 0 atom stereocenters. The number of nitrogens with one attached hydrogen (secondary N) is 1. The Morgan fingerprint density at radius 2 is 1.86 bits per heavy atom. The first-order valence-corrected chi connectivity index (χ1v) is 8.32. The van der Waals surface area contributed by atoms with Crippen molar-refractivity contribution in [1.82, 2.24) is 4.90 Å². The van der Waals surface area contributed by atoms with E-state index < -0.39 is 0 Å². The predicted molar refractivity (Wildman–Crippen MR) is 90.1 cm³/mol. The van der Waals surface area contributed by atoms with Crippen molar-refractivity contribution in [3.05, 3.63) is 24.3 Å². The molecule has 0 unspecified atom stereocenters. The van der Waals surface area contributed by atoms with Crippen molar-refractivity contribution in [2.45, 2.75) is 33.6 Å². The second-order valence-electron chi connectivity index (χ2n) is 6.68. The van der Waals surface area contributed by atoms with Gasteiger partial charge in [0, 0.05) is 18.8 Å². The van der Waals surface area contributed by atoms with E-state index in [0.29, 0.717) is 5.92 Å². The first-order valence-electron chi connectivity index (χ1n) is 8.32. The highest BCUT2D eigenvalue weighted by atomic mass is 16.5. The zero-order chi connectivity index (χ0) is 15.1. The largest absolute Gasteiger partial charge is 0.493 e. The molecule has 0 spiro atoms. The highest BCUT2D eigenvalue weighted by molar-refractivity contribution is 5.46. The predicted octanol–water partition coefficient (Wildman–Crippen LogP) is 3.87. The SMILES string of the molecule is CC(C)COc1ccc(NCCN2CCC(C)CC2)cc1. The number of hydrogen-bond acceptors (Lipinski definition) is 3. The van der Waals surface area contributed by atoms with Gasteiger partial charge in [0.2, 0.25) is 0 Å². The number of rotatable bonds is 7. The minimum absolute atomic E-state index is 0.565. The third-order valence-electron chi connectivity index (χ3n) is 4.07. The van der Waals surface area contributed by atoms with Crippen LogP contribution in [0.1, 0.15) is 33.6 Å². The van der Waals surface area contributed by atoms with E-state index in [0.717, 1.165) is 31.4 Å². The minimum Gasteiger partial charge on any atom is -0.493 e. The van der Waals surface area contributed by atoms with E-state index in [1.54, 1.807) is 0 Å². The van der Waals surface area contributed by atoms with Crippen LogP contribution in [0.25, 0.3) is 0 Å².